The van der Waals surface area contributed by atoms with Crippen LogP contribution in [0.3, 0.4) is 0 Å². The largest absolute Gasteiger partial charge is 0.327 e. The summed E-state index contributed by atoms with van der Waals surface area (Å²) in [6.45, 7) is 0.411. The van der Waals surface area contributed by atoms with E-state index in [4.69, 9.17) is 0 Å². The summed E-state index contributed by atoms with van der Waals surface area (Å²) >= 11 is 3.13. The number of rotatable bonds is 4. The van der Waals surface area contributed by atoms with Gasteiger partial charge in [-0.2, -0.15) is 0 Å². The molecule has 1 saturated carbocycles. The van der Waals surface area contributed by atoms with Crippen molar-refractivity contribution in [3.05, 3.63) is 27.1 Å². The molecule has 1 aliphatic rings. The van der Waals surface area contributed by atoms with E-state index in [2.05, 4.69) is 25.6 Å². The zero-order valence-electron chi connectivity index (χ0n) is 9.07. The van der Waals surface area contributed by atoms with E-state index >= 15 is 0 Å². The Labute approximate surface area is 108 Å². The van der Waals surface area contributed by atoms with E-state index < -0.39 is 15.6 Å². The molecule has 5 nitrogen and oxygen atoms in total. The minimum absolute atomic E-state index is 0.244. The van der Waals surface area contributed by atoms with Gasteiger partial charge in [0.05, 0.1) is 0 Å². The van der Waals surface area contributed by atoms with E-state index in [9.17, 15) is 13.2 Å². The zero-order chi connectivity index (χ0) is 12.5. The van der Waals surface area contributed by atoms with Crippen LogP contribution < -0.4 is 10.3 Å². The second-order valence-electron chi connectivity index (χ2n) is 4.16. The van der Waals surface area contributed by atoms with E-state index in [0.717, 1.165) is 19.3 Å². The Hall–Kier alpha value is -0.660. The second-order valence-corrected chi connectivity index (χ2v) is 6.81. The van der Waals surface area contributed by atoms with Gasteiger partial charge in [-0.15, -0.1) is 0 Å². The van der Waals surface area contributed by atoms with Crippen LogP contribution in [-0.2, 0) is 10.0 Å². The molecular weight excluding hydrogens is 308 g/mol. The van der Waals surface area contributed by atoms with E-state index in [0.29, 0.717) is 16.9 Å². The van der Waals surface area contributed by atoms with Gasteiger partial charge in [-0.05, 0) is 40.8 Å². The Morgan fingerprint density at radius 1 is 1.47 bits per heavy atom. The first-order valence-electron chi connectivity index (χ1n) is 5.37. The molecule has 0 aromatic carbocycles. The maximum Gasteiger partial charge on any atom is 0.268 e. The molecule has 1 heterocycles. The number of H-pyrrole nitrogens is 1. The van der Waals surface area contributed by atoms with Crippen molar-refractivity contribution in [1.29, 1.82) is 0 Å². The molecule has 0 aliphatic heterocycles. The lowest BCUT2D eigenvalue weighted by molar-refractivity contribution is 0.316. The average molecular weight is 321 g/mol. The predicted octanol–water partition coefficient (Wildman–Crippen LogP) is 1.22. The highest BCUT2D eigenvalue weighted by Crippen LogP contribution is 2.25. The molecule has 1 fully saturated rings. The number of sulfonamides is 1. The van der Waals surface area contributed by atoms with Crippen molar-refractivity contribution in [1.82, 2.24) is 9.71 Å². The molecule has 0 spiro atoms. The molecule has 0 saturated heterocycles. The van der Waals surface area contributed by atoms with E-state index in [-0.39, 0.29) is 4.90 Å². The van der Waals surface area contributed by atoms with Crippen molar-refractivity contribution in [2.24, 2.45) is 5.92 Å². The number of pyridine rings is 1. The maximum atomic E-state index is 11.9. The van der Waals surface area contributed by atoms with Crippen LogP contribution in [0.5, 0.6) is 0 Å². The average Bonchev–Trinajstić information content (AvgIpc) is 2.19. The second kappa shape index (κ2) is 4.91. The standard InChI is InChI=1S/C10H13BrN2O3S/c11-8-4-9(10(14)12-6-8)17(15,16)13-5-7-2-1-3-7/h4,6-7,13H,1-3,5H2,(H,12,14). The molecule has 1 aliphatic carbocycles. The number of aromatic amines is 1. The van der Waals surface area contributed by atoms with Crippen molar-refractivity contribution in [2.45, 2.75) is 24.2 Å². The van der Waals surface area contributed by atoms with Crippen molar-refractivity contribution in [3.8, 4) is 0 Å². The first-order chi connectivity index (χ1) is 7.99. The smallest absolute Gasteiger partial charge is 0.268 e. The molecule has 2 rings (SSSR count). The molecule has 7 heteroatoms. The van der Waals surface area contributed by atoms with Crippen LogP contribution in [0.25, 0.3) is 0 Å². The molecule has 2 N–H and O–H groups in total. The van der Waals surface area contributed by atoms with Crippen LogP contribution in [0.2, 0.25) is 0 Å². The third-order valence-electron chi connectivity index (χ3n) is 2.91. The maximum absolute atomic E-state index is 11.9. The van der Waals surface area contributed by atoms with Crippen molar-refractivity contribution in [2.75, 3.05) is 6.54 Å². The molecule has 1 aromatic heterocycles. The third kappa shape index (κ3) is 2.97. The number of nitrogens with one attached hydrogen (secondary N) is 2. The Morgan fingerprint density at radius 3 is 2.76 bits per heavy atom. The van der Waals surface area contributed by atoms with Crippen molar-refractivity contribution >= 4 is 26.0 Å². The van der Waals surface area contributed by atoms with Gasteiger partial charge in [-0.1, -0.05) is 6.42 Å². The normalized spacial score (nSPS) is 16.8. The van der Waals surface area contributed by atoms with E-state index in [1.54, 1.807) is 0 Å². The minimum Gasteiger partial charge on any atom is -0.327 e. The summed E-state index contributed by atoms with van der Waals surface area (Å²) in [5.74, 6) is 0.413. The van der Waals surface area contributed by atoms with Gasteiger partial charge in [0.15, 0.2) is 0 Å². The molecular formula is C10H13BrN2O3S. The molecule has 0 atom stereocenters. The molecule has 17 heavy (non-hydrogen) atoms. The highest BCUT2D eigenvalue weighted by atomic mass is 79.9. The van der Waals surface area contributed by atoms with Gasteiger partial charge < -0.3 is 4.98 Å². The summed E-state index contributed by atoms with van der Waals surface area (Å²) < 4.78 is 26.8. The Kier molecular flexibility index (Phi) is 3.70. The Balaban J connectivity index is 2.18. The van der Waals surface area contributed by atoms with Crippen LogP contribution >= 0.6 is 15.9 Å². The third-order valence-corrected chi connectivity index (χ3v) is 4.80. The van der Waals surface area contributed by atoms with Crippen LogP contribution in [0.4, 0.5) is 0 Å². The van der Waals surface area contributed by atoms with Gasteiger partial charge in [0.1, 0.15) is 4.90 Å². The number of hydrogen-bond donors (Lipinski definition) is 2. The Morgan fingerprint density at radius 2 is 2.18 bits per heavy atom. The first-order valence-corrected chi connectivity index (χ1v) is 7.64. The molecule has 0 unspecified atom stereocenters. The van der Waals surface area contributed by atoms with Crippen LogP contribution in [0.1, 0.15) is 19.3 Å². The van der Waals surface area contributed by atoms with E-state index in [1.165, 1.54) is 12.3 Å². The fourth-order valence-corrected chi connectivity index (χ4v) is 3.33. The summed E-state index contributed by atoms with van der Waals surface area (Å²) in [5.41, 5.74) is -0.602. The van der Waals surface area contributed by atoms with Crippen molar-refractivity contribution < 1.29 is 8.42 Å². The van der Waals surface area contributed by atoms with Crippen LogP contribution in [-0.4, -0.2) is 19.9 Å². The SMILES string of the molecule is O=c1[nH]cc(Br)cc1S(=O)(=O)NCC1CCC1. The highest BCUT2D eigenvalue weighted by Gasteiger charge is 2.23. The van der Waals surface area contributed by atoms with E-state index in [1.807, 2.05) is 0 Å². The molecule has 0 bridgehead atoms. The quantitative estimate of drug-likeness (QED) is 0.875. The molecule has 0 radical (unpaired) electrons. The topological polar surface area (TPSA) is 79.0 Å². The van der Waals surface area contributed by atoms with Crippen LogP contribution in [0, 0.1) is 5.92 Å². The van der Waals surface area contributed by atoms with Gasteiger partial charge in [0.2, 0.25) is 10.0 Å². The lowest BCUT2D eigenvalue weighted by atomic mass is 9.86. The van der Waals surface area contributed by atoms with Gasteiger partial charge in [-0.25, -0.2) is 13.1 Å². The van der Waals surface area contributed by atoms with Gasteiger partial charge in [0.25, 0.3) is 5.56 Å². The zero-order valence-corrected chi connectivity index (χ0v) is 11.5. The fraction of sp³-hybridized carbons (Fsp3) is 0.500. The summed E-state index contributed by atoms with van der Waals surface area (Å²) in [5, 5.41) is 0. The Bertz CT molecular complexity index is 563. The summed E-state index contributed by atoms with van der Waals surface area (Å²) in [7, 11) is -3.71. The number of aromatic nitrogens is 1. The van der Waals surface area contributed by atoms with Gasteiger partial charge in [0, 0.05) is 17.2 Å². The minimum atomic E-state index is -3.71. The molecule has 0 amide bonds. The summed E-state index contributed by atoms with van der Waals surface area (Å²) in [4.78, 5) is 13.6. The fourth-order valence-electron chi connectivity index (χ4n) is 1.64. The van der Waals surface area contributed by atoms with Crippen molar-refractivity contribution in [3.63, 3.8) is 0 Å². The lowest BCUT2D eigenvalue weighted by Crippen LogP contribution is -2.34. The molecule has 1 aromatic rings. The number of hydrogen-bond acceptors (Lipinski definition) is 3. The summed E-state index contributed by atoms with van der Waals surface area (Å²) in [6, 6.07) is 1.31. The highest BCUT2D eigenvalue weighted by molar-refractivity contribution is 9.10. The van der Waals surface area contributed by atoms with Crippen LogP contribution in [0.15, 0.2) is 26.4 Å². The lowest BCUT2D eigenvalue weighted by Gasteiger charge is -2.25. The monoisotopic (exact) mass is 320 g/mol. The first kappa shape index (κ1) is 12.8. The molecule has 94 valence electrons. The van der Waals surface area contributed by atoms with Gasteiger partial charge >= 0.3 is 0 Å². The summed E-state index contributed by atoms with van der Waals surface area (Å²) in [6.07, 6.45) is 4.67. The van der Waals surface area contributed by atoms with Gasteiger partial charge in [-0.3, -0.25) is 4.79 Å². The number of halogens is 1. The predicted molar refractivity (Wildman–Crippen MR) is 67.3 cm³/mol.